The molecule has 25 heavy (non-hydrogen) atoms. The average Bonchev–Trinajstić information content (AvgIpc) is 2.92. The molecule has 1 aliphatic heterocycles. The maximum Gasteiger partial charge on any atom is 0.0922 e. The first-order chi connectivity index (χ1) is 12.0. The van der Waals surface area contributed by atoms with E-state index in [0.29, 0.717) is 17.9 Å². The first-order valence-electron chi connectivity index (χ1n) is 9.69. The van der Waals surface area contributed by atoms with E-state index in [4.69, 9.17) is 4.99 Å². The Morgan fingerprint density at radius 3 is 2.88 bits per heavy atom. The van der Waals surface area contributed by atoms with E-state index < -0.39 is 0 Å². The minimum absolute atomic E-state index is 0.349. The van der Waals surface area contributed by atoms with Gasteiger partial charge in [-0.3, -0.25) is 4.99 Å². The predicted octanol–water partition coefficient (Wildman–Crippen LogP) is 4.72. The minimum atomic E-state index is -0.349. The van der Waals surface area contributed by atoms with Gasteiger partial charge in [-0.05, 0) is 80.4 Å². The van der Waals surface area contributed by atoms with Gasteiger partial charge in [-0.2, -0.15) is 0 Å². The maximum atomic E-state index is 9.83. The second-order valence-electron chi connectivity index (χ2n) is 8.04. The summed E-state index contributed by atoms with van der Waals surface area (Å²) in [5, 5.41) is 9.83. The molecule has 2 fully saturated rings. The van der Waals surface area contributed by atoms with E-state index in [1.54, 1.807) is 12.5 Å². The van der Waals surface area contributed by atoms with Crippen molar-refractivity contribution in [1.29, 1.82) is 0 Å². The summed E-state index contributed by atoms with van der Waals surface area (Å²) < 4.78 is 0. The van der Waals surface area contributed by atoms with Crippen molar-refractivity contribution in [3.8, 4) is 12.3 Å². The number of aliphatic imine (C=N–C) groups is 1. The fourth-order valence-corrected chi connectivity index (χ4v) is 5.62. The third kappa shape index (κ3) is 3.15. The molecule has 0 radical (unpaired) electrons. The number of rotatable bonds is 1. The monoisotopic (exact) mass is 337 g/mol. The molecule has 4 rings (SSSR count). The van der Waals surface area contributed by atoms with Gasteiger partial charge in [-0.25, -0.2) is 0 Å². The van der Waals surface area contributed by atoms with Crippen molar-refractivity contribution in [3.05, 3.63) is 35.5 Å². The topological polar surface area (TPSA) is 32.6 Å². The smallest absolute Gasteiger partial charge is 0.0922 e. The summed E-state index contributed by atoms with van der Waals surface area (Å²) in [6, 6.07) is 0. The summed E-state index contributed by atoms with van der Waals surface area (Å²) in [5.41, 5.74) is 4.65. The lowest BCUT2D eigenvalue weighted by Crippen LogP contribution is -2.46. The molecule has 1 N–H and O–H groups in total. The van der Waals surface area contributed by atoms with Gasteiger partial charge in [-0.1, -0.05) is 25.2 Å². The first-order valence-corrected chi connectivity index (χ1v) is 9.69. The van der Waals surface area contributed by atoms with E-state index in [9.17, 15) is 5.11 Å². The minimum Gasteiger partial charge on any atom is -0.387 e. The summed E-state index contributed by atoms with van der Waals surface area (Å²) in [5.74, 6) is 4.46. The van der Waals surface area contributed by atoms with Crippen LogP contribution < -0.4 is 0 Å². The van der Waals surface area contributed by atoms with Crippen LogP contribution in [0.3, 0.4) is 0 Å². The lowest BCUT2D eigenvalue weighted by atomic mass is 9.54. The highest BCUT2D eigenvalue weighted by Gasteiger charge is 2.52. The van der Waals surface area contributed by atoms with E-state index in [1.165, 1.54) is 37.0 Å². The van der Waals surface area contributed by atoms with Crippen LogP contribution in [0.2, 0.25) is 0 Å². The van der Waals surface area contributed by atoms with Crippen LogP contribution in [0.15, 0.2) is 40.4 Å². The van der Waals surface area contributed by atoms with Crippen molar-refractivity contribution in [3.63, 3.8) is 0 Å². The zero-order valence-electron chi connectivity index (χ0n) is 15.8. The van der Waals surface area contributed by atoms with Crippen LogP contribution in [0.5, 0.6) is 0 Å². The SMILES string of the molecule is C#CC.CC=CC1=CCC2C3CCC4=CC(O)CN=C4C3CCC12C. The molecule has 2 saturated carbocycles. The number of aliphatic hydroxyl groups excluding tert-OH is 1. The van der Waals surface area contributed by atoms with Crippen LogP contribution in [0.4, 0.5) is 0 Å². The van der Waals surface area contributed by atoms with Crippen molar-refractivity contribution in [2.24, 2.45) is 28.2 Å². The zero-order chi connectivity index (χ0) is 18.0. The van der Waals surface area contributed by atoms with Crippen molar-refractivity contribution in [2.45, 2.75) is 59.0 Å². The lowest BCUT2D eigenvalue weighted by molar-refractivity contribution is 0.0735. The number of fused-ring (bicyclic) bond motifs is 5. The summed E-state index contributed by atoms with van der Waals surface area (Å²) in [6.07, 6.45) is 19.5. The van der Waals surface area contributed by atoms with Crippen molar-refractivity contribution >= 4 is 5.71 Å². The van der Waals surface area contributed by atoms with Crippen molar-refractivity contribution < 1.29 is 5.11 Å². The number of nitrogens with zero attached hydrogens (tertiary/aromatic N) is 1. The van der Waals surface area contributed by atoms with Gasteiger partial charge < -0.3 is 5.11 Å². The third-order valence-electron chi connectivity index (χ3n) is 6.69. The van der Waals surface area contributed by atoms with Gasteiger partial charge >= 0.3 is 0 Å². The number of terminal acetylenes is 1. The fraction of sp³-hybridized carbons (Fsp3) is 0.609. The Morgan fingerprint density at radius 2 is 2.16 bits per heavy atom. The molecule has 1 heterocycles. The normalized spacial score (nSPS) is 38.9. The van der Waals surface area contributed by atoms with E-state index in [0.717, 1.165) is 18.3 Å². The van der Waals surface area contributed by atoms with Gasteiger partial charge in [0.05, 0.1) is 12.6 Å². The Balaban J connectivity index is 0.000000569. The summed E-state index contributed by atoms with van der Waals surface area (Å²) >= 11 is 0. The quantitative estimate of drug-likeness (QED) is 0.690. The highest BCUT2D eigenvalue weighted by atomic mass is 16.3. The summed E-state index contributed by atoms with van der Waals surface area (Å²) in [4.78, 5) is 4.78. The number of allylic oxidation sites excluding steroid dienone is 5. The Hall–Kier alpha value is -1.59. The third-order valence-corrected chi connectivity index (χ3v) is 6.69. The van der Waals surface area contributed by atoms with Crippen LogP contribution in [0, 0.1) is 35.5 Å². The molecule has 0 aromatic heterocycles. The molecule has 5 unspecified atom stereocenters. The summed E-state index contributed by atoms with van der Waals surface area (Å²) in [6.45, 7) is 6.85. The van der Waals surface area contributed by atoms with Gasteiger partial charge in [0.2, 0.25) is 0 Å². The molecule has 0 saturated heterocycles. The molecule has 2 heteroatoms. The number of aliphatic hydroxyl groups is 1. The molecule has 4 aliphatic rings. The molecule has 0 aromatic carbocycles. The molecule has 2 nitrogen and oxygen atoms in total. The molecule has 0 spiro atoms. The molecule has 0 amide bonds. The van der Waals surface area contributed by atoms with Crippen LogP contribution in [0.1, 0.15) is 52.9 Å². The van der Waals surface area contributed by atoms with Gasteiger partial charge in [0.15, 0.2) is 0 Å². The Labute approximate surface area is 152 Å². The van der Waals surface area contributed by atoms with Crippen LogP contribution in [0.25, 0.3) is 0 Å². The highest BCUT2D eigenvalue weighted by Crippen LogP contribution is 2.59. The molecule has 0 aromatic rings. The van der Waals surface area contributed by atoms with Crippen LogP contribution >= 0.6 is 0 Å². The predicted molar refractivity (Wildman–Crippen MR) is 105 cm³/mol. The van der Waals surface area contributed by atoms with Crippen LogP contribution in [-0.4, -0.2) is 23.5 Å². The van der Waals surface area contributed by atoms with Crippen molar-refractivity contribution in [1.82, 2.24) is 0 Å². The zero-order valence-corrected chi connectivity index (χ0v) is 15.8. The number of hydrogen-bond donors (Lipinski definition) is 1. The second kappa shape index (κ2) is 7.34. The molecular formula is C23H31NO. The van der Waals surface area contributed by atoms with E-state index in [2.05, 4.69) is 50.5 Å². The highest BCUT2D eigenvalue weighted by molar-refractivity contribution is 6.03. The molecule has 5 atom stereocenters. The van der Waals surface area contributed by atoms with E-state index in [1.807, 2.05) is 0 Å². The largest absolute Gasteiger partial charge is 0.387 e. The molecular weight excluding hydrogens is 306 g/mol. The van der Waals surface area contributed by atoms with E-state index in [-0.39, 0.29) is 6.10 Å². The molecule has 3 aliphatic carbocycles. The number of dihydropyridines is 1. The second-order valence-corrected chi connectivity index (χ2v) is 8.04. The number of hydrogen-bond acceptors (Lipinski definition) is 2. The van der Waals surface area contributed by atoms with Gasteiger partial charge in [0.1, 0.15) is 0 Å². The summed E-state index contributed by atoms with van der Waals surface area (Å²) in [7, 11) is 0. The molecule has 134 valence electrons. The van der Waals surface area contributed by atoms with Crippen molar-refractivity contribution in [2.75, 3.05) is 6.54 Å². The van der Waals surface area contributed by atoms with E-state index >= 15 is 0 Å². The Kier molecular flexibility index (Phi) is 5.35. The Morgan fingerprint density at radius 1 is 1.40 bits per heavy atom. The standard InChI is InChI=1S/C20H27NO.C3H4/c1-3-4-14-6-8-18-16-7-5-13-11-15(22)12-21-19(13)17(16)9-10-20(14,18)2;1-3-2/h3-4,6,11,15-18,22H,5,7-10,12H2,1-2H3;1H,2H3. The lowest BCUT2D eigenvalue weighted by Gasteiger charge is -2.50. The fourth-order valence-electron chi connectivity index (χ4n) is 5.62. The maximum absolute atomic E-state index is 9.83. The van der Waals surface area contributed by atoms with Gasteiger partial charge in [0.25, 0.3) is 0 Å². The Bertz CT molecular complexity index is 675. The average molecular weight is 338 g/mol. The first kappa shape index (κ1) is 18.2. The molecule has 0 bridgehead atoms. The van der Waals surface area contributed by atoms with Gasteiger partial charge in [0, 0.05) is 11.6 Å². The van der Waals surface area contributed by atoms with Crippen LogP contribution in [-0.2, 0) is 0 Å². The van der Waals surface area contributed by atoms with Gasteiger partial charge in [-0.15, -0.1) is 12.3 Å².